The van der Waals surface area contributed by atoms with E-state index in [1.165, 1.54) is 0 Å². The van der Waals surface area contributed by atoms with Crippen molar-refractivity contribution in [2.24, 2.45) is 0 Å². The van der Waals surface area contributed by atoms with E-state index in [2.05, 4.69) is 0 Å². The van der Waals surface area contributed by atoms with Crippen LogP contribution in [-0.2, 0) is 0 Å². The van der Waals surface area contributed by atoms with Gasteiger partial charge < -0.3 is 4.57 Å². The summed E-state index contributed by atoms with van der Waals surface area (Å²) in [5.41, 5.74) is 3.57. The number of fused-ring (bicyclic) bond motifs is 3. The molecule has 0 radical (unpaired) electrons. The second-order valence-corrected chi connectivity index (χ2v) is 11.2. The summed E-state index contributed by atoms with van der Waals surface area (Å²) < 4.78 is 108. The van der Waals surface area contributed by atoms with Gasteiger partial charge in [0.1, 0.15) is 0 Å². The van der Waals surface area contributed by atoms with Gasteiger partial charge in [0.15, 0.2) is 17.5 Å². The molecule has 2 aromatic heterocycles. The van der Waals surface area contributed by atoms with Crippen LogP contribution in [0.1, 0.15) is 16.4 Å². The third kappa shape index (κ3) is 5.26. The molecule has 0 bridgehead atoms. The summed E-state index contributed by atoms with van der Waals surface area (Å²) in [4.78, 5) is 14.7. The summed E-state index contributed by atoms with van der Waals surface area (Å²) in [5.74, 6) is 0.134. The standard InChI is InChI=1S/C45H30N4/c1-4-14-31(15-5-1)33-26-28-34(29-27-33)43-46-44(36-19-12-18-35(30-36)32-16-6-2-7-17-32)48-45(47-43)40-24-13-23-39-38-22-10-11-25-41(38)49(42(39)40)37-20-8-3-9-21-37/h1-30H/i3D,8D,9D,10D,11D,13D,20D,21D,22D,23D,24D,25D. The molecule has 0 fully saturated rings. The Kier molecular flexibility index (Phi) is 4.63. The molecule has 4 nitrogen and oxygen atoms in total. The van der Waals surface area contributed by atoms with E-state index in [0.717, 1.165) is 26.8 Å². The van der Waals surface area contributed by atoms with Crippen molar-refractivity contribution < 1.29 is 16.4 Å². The van der Waals surface area contributed by atoms with E-state index in [9.17, 15) is 2.74 Å². The number of aromatic nitrogens is 4. The van der Waals surface area contributed by atoms with Gasteiger partial charge in [0.25, 0.3) is 0 Å². The van der Waals surface area contributed by atoms with Gasteiger partial charge in [0, 0.05) is 33.2 Å². The van der Waals surface area contributed by atoms with Gasteiger partial charge in [-0.1, -0.05) is 151 Å². The fourth-order valence-corrected chi connectivity index (χ4v) is 5.97. The van der Waals surface area contributed by atoms with Gasteiger partial charge >= 0.3 is 0 Å². The SMILES string of the molecule is [2H]c1c([2H])c([2H])c(-n2c3c([2H])c([2H])c([2H])c([2H])c3c3c([2H])c([2H])c([2H])c(-c4nc(-c5ccc(-c6ccccc6)cc5)nc(-c5cccc(-c6ccccc6)c5)n4)c32)c([2H])c1[2H]. The number of rotatable bonds is 6. The summed E-state index contributed by atoms with van der Waals surface area (Å²) in [6, 6.07) is 26.6. The normalized spacial score (nSPS) is 14.7. The van der Waals surface area contributed by atoms with Crippen molar-refractivity contribution in [3.05, 3.63) is 182 Å². The van der Waals surface area contributed by atoms with E-state index in [1.807, 2.05) is 109 Å². The van der Waals surface area contributed by atoms with Gasteiger partial charge in [0.05, 0.1) is 27.5 Å². The fraction of sp³-hybridized carbons (Fsp3) is 0. The van der Waals surface area contributed by atoms with Crippen molar-refractivity contribution in [1.29, 1.82) is 0 Å². The lowest BCUT2D eigenvalue weighted by atomic mass is 10.0. The van der Waals surface area contributed by atoms with Crippen molar-refractivity contribution in [2.45, 2.75) is 0 Å². The molecule has 0 aliphatic carbocycles. The van der Waals surface area contributed by atoms with Gasteiger partial charge in [-0.15, -0.1) is 0 Å². The first-order chi connectivity index (χ1) is 29.3. The van der Waals surface area contributed by atoms with Gasteiger partial charge in [-0.25, -0.2) is 15.0 Å². The van der Waals surface area contributed by atoms with Crippen molar-refractivity contribution in [1.82, 2.24) is 19.5 Å². The molecule has 0 saturated heterocycles. The summed E-state index contributed by atoms with van der Waals surface area (Å²) in [5, 5.41) is -0.458. The molecular formula is C45H30N4. The Morgan fingerprint density at radius 1 is 0.408 bits per heavy atom. The zero-order valence-electron chi connectivity index (χ0n) is 37.7. The van der Waals surface area contributed by atoms with Crippen LogP contribution in [0.15, 0.2) is 182 Å². The number of hydrogen-bond donors (Lipinski definition) is 0. The second-order valence-electron chi connectivity index (χ2n) is 11.2. The Balaban J connectivity index is 1.43. The highest BCUT2D eigenvalue weighted by molar-refractivity contribution is 6.13. The van der Waals surface area contributed by atoms with Crippen molar-refractivity contribution in [2.75, 3.05) is 0 Å². The Hall–Kier alpha value is -6.65. The Labute approximate surface area is 301 Å². The molecule has 0 aliphatic heterocycles. The molecule has 2 heterocycles. The second kappa shape index (κ2) is 12.2. The van der Waals surface area contributed by atoms with Crippen LogP contribution in [0.5, 0.6) is 0 Å². The molecule has 9 rings (SSSR count). The molecule has 0 N–H and O–H groups in total. The van der Waals surface area contributed by atoms with E-state index in [1.54, 1.807) is 0 Å². The summed E-state index contributed by atoms with van der Waals surface area (Å²) in [7, 11) is 0. The Morgan fingerprint density at radius 2 is 0.959 bits per heavy atom. The summed E-state index contributed by atoms with van der Waals surface area (Å²) >= 11 is 0. The lowest BCUT2D eigenvalue weighted by Crippen LogP contribution is -2.02. The lowest BCUT2D eigenvalue weighted by molar-refractivity contribution is 1.07. The first-order valence-corrected chi connectivity index (χ1v) is 15.5. The highest BCUT2D eigenvalue weighted by Crippen LogP contribution is 2.38. The van der Waals surface area contributed by atoms with Crippen LogP contribution in [0.25, 0.3) is 83.9 Å². The van der Waals surface area contributed by atoms with Crippen LogP contribution in [0.4, 0.5) is 0 Å². The van der Waals surface area contributed by atoms with Crippen molar-refractivity contribution >= 4 is 21.8 Å². The van der Waals surface area contributed by atoms with E-state index in [4.69, 9.17) is 28.7 Å². The van der Waals surface area contributed by atoms with Crippen molar-refractivity contribution in [3.8, 4) is 62.1 Å². The number of nitrogens with zero attached hydrogens (tertiary/aromatic N) is 4. The maximum atomic E-state index is 9.44. The molecule has 0 amide bonds. The quantitative estimate of drug-likeness (QED) is 0.182. The molecule has 230 valence electrons. The molecule has 0 spiro atoms. The molecule has 0 aliphatic rings. The summed E-state index contributed by atoms with van der Waals surface area (Å²) in [6.45, 7) is 0. The largest absolute Gasteiger partial charge is 0.309 e. The smallest absolute Gasteiger partial charge is 0.166 e. The van der Waals surface area contributed by atoms with E-state index >= 15 is 0 Å². The molecule has 7 aromatic carbocycles. The minimum atomic E-state index is -0.718. The number of benzene rings is 7. The molecule has 0 atom stereocenters. The minimum Gasteiger partial charge on any atom is -0.309 e. The van der Waals surface area contributed by atoms with Gasteiger partial charge in [0.2, 0.25) is 0 Å². The van der Waals surface area contributed by atoms with Gasteiger partial charge in [-0.05, 0) is 52.5 Å². The Morgan fingerprint density at radius 3 is 1.71 bits per heavy atom. The zero-order chi connectivity index (χ0) is 43.0. The minimum absolute atomic E-state index is 0.161. The fourth-order valence-electron chi connectivity index (χ4n) is 5.97. The van der Waals surface area contributed by atoms with Crippen LogP contribution in [0.2, 0.25) is 0 Å². The number of para-hydroxylation sites is 3. The number of hydrogen-bond acceptors (Lipinski definition) is 3. The third-order valence-corrected chi connectivity index (χ3v) is 8.26. The highest BCUT2D eigenvalue weighted by Gasteiger charge is 2.20. The Bertz CT molecular complexity index is 3240. The van der Waals surface area contributed by atoms with Crippen LogP contribution < -0.4 is 0 Å². The van der Waals surface area contributed by atoms with Gasteiger partial charge in [-0.2, -0.15) is 0 Å². The third-order valence-electron chi connectivity index (χ3n) is 8.26. The zero-order valence-corrected chi connectivity index (χ0v) is 25.7. The van der Waals surface area contributed by atoms with E-state index in [-0.39, 0.29) is 44.8 Å². The monoisotopic (exact) mass is 638 g/mol. The topological polar surface area (TPSA) is 43.6 Å². The van der Waals surface area contributed by atoms with E-state index in [0.29, 0.717) is 11.1 Å². The average Bonchev–Trinajstić information content (AvgIpc) is 3.64. The van der Waals surface area contributed by atoms with Crippen LogP contribution >= 0.6 is 0 Å². The van der Waals surface area contributed by atoms with Crippen LogP contribution in [0, 0.1) is 0 Å². The van der Waals surface area contributed by atoms with Crippen LogP contribution in [0.3, 0.4) is 0 Å². The van der Waals surface area contributed by atoms with Crippen molar-refractivity contribution in [3.63, 3.8) is 0 Å². The molecule has 9 aromatic rings. The molecule has 0 saturated carbocycles. The first-order valence-electron chi connectivity index (χ1n) is 21.5. The molecule has 49 heavy (non-hydrogen) atoms. The predicted octanol–water partition coefficient (Wildman–Crippen LogP) is 11.3. The predicted molar refractivity (Wildman–Crippen MR) is 201 cm³/mol. The summed E-state index contributed by atoms with van der Waals surface area (Å²) in [6.07, 6.45) is 0. The average molecular weight is 639 g/mol. The maximum Gasteiger partial charge on any atom is 0.166 e. The first kappa shape index (κ1) is 18.6. The molecule has 0 unspecified atom stereocenters. The van der Waals surface area contributed by atoms with Crippen LogP contribution in [-0.4, -0.2) is 19.5 Å². The van der Waals surface area contributed by atoms with E-state index < -0.39 is 78.2 Å². The maximum absolute atomic E-state index is 9.44. The molecular weight excluding hydrogens is 597 g/mol. The highest BCUT2D eigenvalue weighted by atomic mass is 15.0. The molecule has 4 heteroatoms. The van der Waals surface area contributed by atoms with Gasteiger partial charge in [-0.3, -0.25) is 0 Å². The lowest BCUT2D eigenvalue weighted by Gasteiger charge is -2.13.